The Hall–Kier alpha value is -1.02. The number of nitrogens with one attached hydrogen (secondary N) is 2. The fourth-order valence-corrected chi connectivity index (χ4v) is 1.88. The maximum atomic E-state index is 5.79. The Labute approximate surface area is 157 Å². The highest BCUT2D eigenvalue weighted by atomic mass is 127. The molecule has 0 unspecified atom stereocenters. The molecule has 5 nitrogen and oxygen atoms in total. The number of guanidine groups is 1. The van der Waals surface area contributed by atoms with Crippen molar-refractivity contribution in [1.29, 1.82) is 0 Å². The third-order valence-electron chi connectivity index (χ3n) is 3.19. The van der Waals surface area contributed by atoms with Gasteiger partial charge >= 0.3 is 0 Å². The lowest BCUT2D eigenvalue weighted by Crippen LogP contribution is -2.40. The first-order chi connectivity index (χ1) is 10.5. The molecule has 0 spiro atoms. The Bertz CT molecular complexity index is 473. The van der Waals surface area contributed by atoms with Crippen LogP contribution >= 0.6 is 24.0 Å². The van der Waals surface area contributed by atoms with Crippen LogP contribution in [0, 0.1) is 0 Å². The maximum absolute atomic E-state index is 5.79. The Kier molecular flexibility index (Phi) is 11.0. The number of methoxy groups -OCH3 is 1. The van der Waals surface area contributed by atoms with Crippen LogP contribution in [0.3, 0.4) is 0 Å². The normalized spacial score (nSPS) is 11.6. The summed E-state index contributed by atoms with van der Waals surface area (Å²) in [4.78, 5) is 4.13. The molecule has 0 aliphatic carbocycles. The fourth-order valence-electron chi connectivity index (χ4n) is 1.88. The molecule has 0 amide bonds. The summed E-state index contributed by atoms with van der Waals surface area (Å²) in [6.45, 7) is 9.24. The Morgan fingerprint density at radius 3 is 2.35 bits per heavy atom. The molecule has 23 heavy (non-hydrogen) atoms. The monoisotopic (exact) mass is 435 g/mol. The third-order valence-corrected chi connectivity index (χ3v) is 3.19. The van der Waals surface area contributed by atoms with Gasteiger partial charge in [0.1, 0.15) is 12.4 Å². The summed E-state index contributed by atoms with van der Waals surface area (Å²) in [7, 11) is 3.42. The molecular weight excluding hydrogens is 405 g/mol. The zero-order valence-electron chi connectivity index (χ0n) is 14.8. The highest BCUT2D eigenvalue weighted by Crippen LogP contribution is 2.25. The van der Waals surface area contributed by atoms with Gasteiger partial charge in [-0.05, 0) is 23.1 Å². The minimum Gasteiger partial charge on any atom is -0.492 e. The molecule has 6 heteroatoms. The first-order valence-corrected chi connectivity index (χ1v) is 7.64. The number of rotatable bonds is 7. The van der Waals surface area contributed by atoms with Crippen LogP contribution in [0.2, 0.25) is 0 Å². The number of aliphatic imine (C=N–C) groups is 1. The van der Waals surface area contributed by atoms with E-state index in [0.717, 1.165) is 18.3 Å². The molecule has 0 aliphatic heterocycles. The highest BCUT2D eigenvalue weighted by Gasteiger charge is 2.13. The van der Waals surface area contributed by atoms with Gasteiger partial charge in [0.2, 0.25) is 0 Å². The van der Waals surface area contributed by atoms with E-state index in [2.05, 4.69) is 48.5 Å². The van der Waals surface area contributed by atoms with E-state index in [9.17, 15) is 0 Å². The first kappa shape index (κ1) is 22.0. The highest BCUT2D eigenvalue weighted by molar-refractivity contribution is 14.0. The molecule has 0 saturated carbocycles. The summed E-state index contributed by atoms with van der Waals surface area (Å²) >= 11 is 0. The van der Waals surface area contributed by atoms with Crippen LogP contribution in [0.4, 0.5) is 0 Å². The first-order valence-electron chi connectivity index (χ1n) is 7.64. The molecule has 0 heterocycles. The van der Waals surface area contributed by atoms with Crippen molar-refractivity contribution in [1.82, 2.24) is 10.6 Å². The van der Waals surface area contributed by atoms with E-state index in [1.807, 2.05) is 12.1 Å². The molecule has 1 rings (SSSR count). The molecule has 0 fully saturated rings. The Morgan fingerprint density at radius 1 is 1.13 bits per heavy atom. The Balaban J connectivity index is 0.00000484. The van der Waals surface area contributed by atoms with Gasteiger partial charge < -0.3 is 20.1 Å². The van der Waals surface area contributed by atoms with Crippen LogP contribution in [0.5, 0.6) is 5.75 Å². The smallest absolute Gasteiger partial charge is 0.191 e. The zero-order valence-corrected chi connectivity index (χ0v) is 17.1. The predicted octanol–water partition coefficient (Wildman–Crippen LogP) is 2.79. The van der Waals surface area contributed by atoms with Crippen LogP contribution in [-0.4, -0.2) is 46.4 Å². The van der Waals surface area contributed by atoms with Crippen molar-refractivity contribution in [3.63, 3.8) is 0 Å². The number of ether oxygens (including phenoxy) is 2. The van der Waals surface area contributed by atoms with Crippen molar-refractivity contribution in [3.8, 4) is 5.75 Å². The van der Waals surface area contributed by atoms with E-state index in [1.165, 1.54) is 5.56 Å². The van der Waals surface area contributed by atoms with Crippen molar-refractivity contribution in [2.45, 2.75) is 26.2 Å². The SMILES string of the molecule is CN=C(NCCOC)NCCOc1cccc(C(C)(C)C)c1.I. The van der Waals surface area contributed by atoms with Crippen LogP contribution in [0.25, 0.3) is 0 Å². The van der Waals surface area contributed by atoms with E-state index < -0.39 is 0 Å². The summed E-state index contributed by atoms with van der Waals surface area (Å²) < 4.78 is 10.8. The van der Waals surface area contributed by atoms with Crippen LogP contribution < -0.4 is 15.4 Å². The second-order valence-corrected chi connectivity index (χ2v) is 6.04. The lowest BCUT2D eigenvalue weighted by atomic mass is 9.87. The van der Waals surface area contributed by atoms with Gasteiger partial charge in [0, 0.05) is 20.7 Å². The van der Waals surface area contributed by atoms with Crippen molar-refractivity contribution in [2.75, 3.05) is 40.5 Å². The molecule has 0 aromatic heterocycles. The predicted molar refractivity (Wildman–Crippen MR) is 107 cm³/mol. The summed E-state index contributed by atoms with van der Waals surface area (Å²) in [5, 5.41) is 6.36. The topological polar surface area (TPSA) is 54.9 Å². The van der Waals surface area contributed by atoms with Crippen molar-refractivity contribution < 1.29 is 9.47 Å². The van der Waals surface area contributed by atoms with E-state index in [4.69, 9.17) is 9.47 Å². The van der Waals surface area contributed by atoms with E-state index >= 15 is 0 Å². The van der Waals surface area contributed by atoms with Gasteiger partial charge in [-0.25, -0.2) is 0 Å². The van der Waals surface area contributed by atoms with E-state index in [-0.39, 0.29) is 29.4 Å². The number of benzene rings is 1. The molecule has 0 bridgehead atoms. The summed E-state index contributed by atoms with van der Waals surface area (Å²) in [5.74, 6) is 1.65. The number of hydrogen-bond acceptors (Lipinski definition) is 3. The van der Waals surface area contributed by atoms with Gasteiger partial charge in [-0.2, -0.15) is 0 Å². The fraction of sp³-hybridized carbons (Fsp3) is 0.588. The summed E-state index contributed by atoms with van der Waals surface area (Å²) in [5.41, 5.74) is 1.40. The lowest BCUT2D eigenvalue weighted by molar-refractivity contribution is 0.203. The minimum absolute atomic E-state index is 0. The zero-order chi connectivity index (χ0) is 16.4. The third kappa shape index (κ3) is 9.00. The molecular formula is C17H30IN3O2. The molecule has 2 N–H and O–H groups in total. The van der Waals surface area contributed by atoms with Gasteiger partial charge in [0.15, 0.2) is 5.96 Å². The van der Waals surface area contributed by atoms with Gasteiger partial charge in [0.25, 0.3) is 0 Å². The molecule has 0 radical (unpaired) electrons. The van der Waals surface area contributed by atoms with Crippen LogP contribution in [-0.2, 0) is 10.2 Å². The molecule has 1 aromatic rings. The van der Waals surface area contributed by atoms with Crippen molar-refractivity contribution in [2.24, 2.45) is 4.99 Å². The number of hydrogen-bond donors (Lipinski definition) is 2. The second kappa shape index (κ2) is 11.5. The molecule has 0 saturated heterocycles. The summed E-state index contributed by atoms with van der Waals surface area (Å²) in [6, 6.07) is 8.26. The number of nitrogens with zero attached hydrogens (tertiary/aromatic N) is 1. The lowest BCUT2D eigenvalue weighted by Gasteiger charge is -2.20. The van der Waals surface area contributed by atoms with Crippen LogP contribution in [0.1, 0.15) is 26.3 Å². The van der Waals surface area contributed by atoms with E-state index in [0.29, 0.717) is 19.8 Å². The number of halogens is 1. The largest absolute Gasteiger partial charge is 0.492 e. The van der Waals surface area contributed by atoms with Gasteiger partial charge in [0.05, 0.1) is 13.2 Å². The van der Waals surface area contributed by atoms with Gasteiger partial charge in [-0.15, -0.1) is 24.0 Å². The molecule has 1 aromatic carbocycles. The second-order valence-electron chi connectivity index (χ2n) is 6.04. The van der Waals surface area contributed by atoms with Crippen molar-refractivity contribution >= 4 is 29.9 Å². The molecule has 0 aliphatic rings. The van der Waals surface area contributed by atoms with E-state index in [1.54, 1.807) is 14.2 Å². The summed E-state index contributed by atoms with van der Waals surface area (Å²) in [6.07, 6.45) is 0. The van der Waals surface area contributed by atoms with Gasteiger partial charge in [-0.3, -0.25) is 4.99 Å². The average Bonchev–Trinajstić information content (AvgIpc) is 2.49. The minimum atomic E-state index is 0. The quantitative estimate of drug-likeness (QED) is 0.299. The van der Waals surface area contributed by atoms with Crippen molar-refractivity contribution in [3.05, 3.63) is 29.8 Å². The standard InChI is InChI=1S/C17H29N3O2.HI/c1-17(2,3)14-7-6-8-15(13-14)22-12-10-20-16(18-4)19-9-11-21-5;/h6-8,13H,9-12H2,1-5H3,(H2,18,19,20);1H. The maximum Gasteiger partial charge on any atom is 0.191 e. The van der Waals surface area contributed by atoms with Gasteiger partial charge in [-0.1, -0.05) is 32.9 Å². The molecule has 0 atom stereocenters. The Morgan fingerprint density at radius 2 is 1.78 bits per heavy atom. The van der Waals surface area contributed by atoms with Crippen LogP contribution in [0.15, 0.2) is 29.3 Å². The average molecular weight is 435 g/mol. The molecule has 132 valence electrons.